The number of rotatable bonds is 9. The SMILES string of the molecule is [2H]C1(CCC(O)c2ccc(F)cc2)C(=O)N(c2ccccc2)C1([2H])c1ccc(Br)cc1OCc1ccccc1. The van der Waals surface area contributed by atoms with Gasteiger partial charge in [-0.2, -0.15) is 0 Å². The van der Waals surface area contributed by atoms with Crippen molar-refractivity contribution in [1.82, 2.24) is 0 Å². The standard InChI is InChI=1S/C31H27BrFNO3/c32-23-13-16-26(29(19-23)37-20-21-7-3-1-4-8-21)30-27(31(36)34(30)25-9-5-2-6-10-25)17-18-28(35)22-11-14-24(33)15-12-22/h1-16,19,27-28,30,35H,17-18,20H2/i27D,30D. The number of benzene rings is 4. The number of nitrogens with zero attached hydrogens (tertiary/aromatic N) is 1. The van der Waals surface area contributed by atoms with Gasteiger partial charge in [-0.15, -0.1) is 0 Å². The van der Waals surface area contributed by atoms with Crippen LogP contribution in [0.2, 0.25) is 0 Å². The molecule has 5 rings (SSSR count). The first-order valence-corrected chi connectivity index (χ1v) is 12.8. The van der Waals surface area contributed by atoms with Gasteiger partial charge in [0.05, 0.1) is 19.4 Å². The zero-order valence-corrected chi connectivity index (χ0v) is 21.6. The predicted octanol–water partition coefficient (Wildman–Crippen LogP) is 7.39. The second kappa shape index (κ2) is 11.3. The molecule has 37 heavy (non-hydrogen) atoms. The van der Waals surface area contributed by atoms with Crippen LogP contribution >= 0.6 is 15.9 Å². The van der Waals surface area contributed by atoms with Crippen molar-refractivity contribution >= 4 is 27.5 Å². The largest absolute Gasteiger partial charge is 0.489 e. The van der Waals surface area contributed by atoms with Gasteiger partial charge in [-0.1, -0.05) is 82.7 Å². The van der Waals surface area contributed by atoms with Crippen molar-refractivity contribution in [2.45, 2.75) is 31.6 Å². The third kappa shape index (κ3) is 5.60. The normalized spacial score (nSPS) is 22.6. The third-order valence-electron chi connectivity index (χ3n) is 6.34. The summed E-state index contributed by atoms with van der Waals surface area (Å²) < 4.78 is 39.4. The summed E-state index contributed by atoms with van der Waals surface area (Å²) in [6.07, 6.45) is -1.07. The van der Waals surface area contributed by atoms with Crippen molar-refractivity contribution in [3.05, 3.63) is 130 Å². The van der Waals surface area contributed by atoms with Gasteiger partial charge in [0.15, 0.2) is 0 Å². The van der Waals surface area contributed by atoms with Crippen molar-refractivity contribution in [2.24, 2.45) is 5.89 Å². The van der Waals surface area contributed by atoms with E-state index in [1.807, 2.05) is 36.4 Å². The predicted molar refractivity (Wildman–Crippen MR) is 146 cm³/mol. The number of ether oxygens (including phenoxy) is 1. The molecule has 1 fully saturated rings. The number of amides is 1. The fourth-order valence-electron chi connectivity index (χ4n) is 4.43. The van der Waals surface area contributed by atoms with Gasteiger partial charge in [-0.05, 0) is 60.4 Å². The third-order valence-corrected chi connectivity index (χ3v) is 6.84. The van der Waals surface area contributed by atoms with E-state index < -0.39 is 29.7 Å². The molecule has 1 saturated heterocycles. The van der Waals surface area contributed by atoms with E-state index in [0.717, 1.165) is 10.0 Å². The number of aliphatic hydroxyl groups excluding tert-OH is 1. The Kier molecular flexibility index (Phi) is 6.92. The molecule has 3 unspecified atom stereocenters. The maximum atomic E-state index is 13.7. The molecule has 6 heteroatoms. The van der Waals surface area contributed by atoms with Gasteiger partial charge in [0.1, 0.15) is 18.2 Å². The Bertz CT molecular complexity index is 1460. The number of hydrogen-bond acceptors (Lipinski definition) is 3. The number of carbonyl (C=O) groups is 1. The van der Waals surface area contributed by atoms with Crippen LogP contribution in [0, 0.1) is 11.7 Å². The summed E-state index contributed by atoms with van der Waals surface area (Å²) in [7, 11) is 0. The molecule has 0 saturated carbocycles. The Morgan fingerprint density at radius 3 is 2.35 bits per heavy atom. The van der Waals surface area contributed by atoms with Crippen molar-refractivity contribution < 1.29 is 21.8 Å². The zero-order chi connectivity index (χ0) is 27.6. The van der Waals surface area contributed by atoms with Gasteiger partial charge in [-0.3, -0.25) is 4.79 Å². The molecular formula is C31H27BrFNO3. The van der Waals surface area contributed by atoms with E-state index in [1.54, 1.807) is 42.5 Å². The zero-order valence-electron chi connectivity index (χ0n) is 22.0. The van der Waals surface area contributed by atoms with E-state index in [-0.39, 0.29) is 19.4 Å². The lowest BCUT2D eigenvalue weighted by molar-refractivity contribution is -0.131. The number of para-hydroxylation sites is 1. The van der Waals surface area contributed by atoms with Crippen LogP contribution in [0.4, 0.5) is 10.1 Å². The number of hydrogen-bond donors (Lipinski definition) is 1. The number of anilines is 1. The highest BCUT2D eigenvalue weighted by Gasteiger charge is 2.49. The quantitative estimate of drug-likeness (QED) is 0.217. The molecule has 4 aromatic rings. The number of carbonyl (C=O) groups excluding carboxylic acids is 1. The lowest BCUT2D eigenvalue weighted by Crippen LogP contribution is -2.55. The Labute approximate surface area is 227 Å². The molecule has 4 nitrogen and oxygen atoms in total. The monoisotopic (exact) mass is 561 g/mol. The minimum absolute atomic E-state index is 0.0425. The minimum atomic E-state index is -1.91. The molecule has 188 valence electrons. The lowest BCUT2D eigenvalue weighted by atomic mass is 9.78. The highest BCUT2D eigenvalue weighted by atomic mass is 79.9. The molecule has 0 bridgehead atoms. The molecule has 3 atom stereocenters. The molecule has 0 aliphatic carbocycles. The summed E-state index contributed by atoms with van der Waals surface area (Å²) in [5, 5.41) is 10.8. The molecule has 1 N–H and O–H groups in total. The Morgan fingerprint density at radius 2 is 1.65 bits per heavy atom. The molecule has 0 radical (unpaired) electrons. The van der Waals surface area contributed by atoms with Crippen molar-refractivity contribution in [3.63, 3.8) is 0 Å². The minimum Gasteiger partial charge on any atom is -0.489 e. The van der Waals surface area contributed by atoms with Gasteiger partial charge < -0.3 is 14.7 Å². The summed E-state index contributed by atoms with van der Waals surface area (Å²) in [5.74, 6) is -2.49. The van der Waals surface area contributed by atoms with E-state index in [0.29, 0.717) is 22.6 Å². The summed E-state index contributed by atoms with van der Waals surface area (Å²) in [4.78, 5) is 15.0. The fourth-order valence-corrected chi connectivity index (χ4v) is 4.77. The van der Waals surface area contributed by atoms with Crippen molar-refractivity contribution in [1.29, 1.82) is 0 Å². The molecule has 1 amide bonds. The first-order chi connectivity index (χ1) is 18.7. The second-order valence-corrected chi connectivity index (χ2v) is 9.74. The summed E-state index contributed by atoms with van der Waals surface area (Å²) in [6, 6.07) is 27.3. The Morgan fingerprint density at radius 1 is 0.973 bits per heavy atom. The Hall–Kier alpha value is -3.48. The van der Waals surface area contributed by atoms with Crippen LogP contribution in [0.15, 0.2) is 108 Å². The van der Waals surface area contributed by atoms with Gasteiger partial charge >= 0.3 is 0 Å². The lowest BCUT2D eigenvalue weighted by Gasteiger charge is -2.48. The average molecular weight is 562 g/mol. The molecule has 0 aromatic heterocycles. The molecule has 1 aliphatic rings. The maximum Gasteiger partial charge on any atom is 0.233 e. The summed E-state index contributed by atoms with van der Waals surface area (Å²) in [6.45, 7) is 0.244. The average Bonchev–Trinajstić information content (AvgIpc) is 2.96. The van der Waals surface area contributed by atoms with Gasteiger partial charge in [0.2, 0.25) is 5.91 Å². The van der Waals surface area contributed by atoms with Crippen LogP contribution in [-0.4, -0.2) is 11.0 Å². The highest BCUT2D eigenvalue weighted by molar-refractivity contribution is 9.10. The van der Waals surface area contributed by atoms with Crippen LogP contribution in [0.25, 0.3) is 0 Å². The topological polar surface area (TPSA) is 49.8 Å². The second-order valence-electron chi connectivity index (χ2n) is 8.82. The molecule has 1 heterocycles. The van der Waals surface area contributed by atoms with Crippen LogP contribution in [0.1, 0.15) is 44.4 Å². The summed E-state index contributed by atoms with van der Waals surface area (Å²) in [5.41, 5.74) is 2.29. The van der Waals surface area contributed by atoms with E-state index in [1.165, 1.54) is 29.2 Å². The number of aliphatic hydroxyl groups is 1. The van der Waals surface area contributed by atoms with Crippen molar-refractivity contribution in [3.8, 4) is 5.75 Å². The fraction of sp³-hybridized carbons (Fsp3) is 0.194. The molecule has 4 aromatic carbocycles. The van der Waals surface area contributed by atoms with Gasteiger partial charge in [-0.25, -0.2) is 4.39 Å². The first kappa shape index (κ1) is 22.7. The van der Waals surface area contributed by atoms with E-state index in [2.05, 4.69) is 15.9 Å². The molecule has 0 spiro atoms. The molecule has 1 aliphatic heterocycles. The number of halogens is 2. The maximum absolute atomic E-state index is 13.7. The first-order valence-electron chi connectivity index (χ1n) is 13.0. The van der Waals surface area contributed by atoms with E-state index in [9.17, 15) is 17.0 Å². The van der Waals surface area contributed by atoms with E-state index >= 15 is 0 Å². The van der Waals surface area contributed by atoms with Crippen LogP contribution in [-0.2, 0) is 11.4 Å². The van der Waals surface area contributed by atoms with E-state index in [4.69, 9.17) is 4.74 Å². The number of β-lactam (4-membered cyclic amide) rings is 1. The summed E-state index contributed by atoms with van der Waals surface area (Å²) >= 11 is 3.48. The van der Waals surface area contributed by atoms with Gasteiger partial charge in [0.25, 0.3) is 0 Å². The smallest absolute Gasteiger partial charge is 0.233 e. The highest BCUT2D eigenvalue weighted by Crippen LogP contribution is 2.49. The van der Waals surface area contributed by atoms with Crippen LogP contribution < -0.4 is 9.64 Å². The molecular weight excluding hydrogens is 533 g/mol. The van der Waals surface area contributed by atoms with Crippen LogP contribution in [0.3, 0.4) is 0 Å². The Balaban J connectivity index is 1.52. The van der Waals surface area contributed by atoms with Gasteiger partial charge in [0, 0.05) is 17.1 Å². The van der Waals surface area contributed by atoms with Crippen LogP contribution in [0.5, 0.6) is 5.75 Å². The van der Waals surface area contributed by atoms with Crippen molar-refractivity contribution in [2.75, 3.05) is 4.90 Å².